The highest BCUT2D eigenvalue weighted by Crippen LogP contribution is 2.14. The van der Waals surface area contributed by atoms with Gasteiger partial charge >= 0.3 is 0 Å². The minimum absolute atomic E-state index is 0.0692. The summed E-state index contributed by atoms with van der Waals surface area (Å²) in [6, 6.07) is 3.79. The lowest BCUT2D eigenvalue weighted by Gasteiger charge is -2.23. The van der Waals surface area contributed by atoms with Gasteiger partial charge in [0.2, 0.25) is 0 Å². The van der Waals surface area contributed by atoms with E-state index >= 15 is 0 Å². The zero-order chi connectivity index (χ0) is 13.8. The quantitative estimate of drug-likeness (QED) is 0.885. The first-order valence-electron chi connectivity index (χ1n) is 6.57. The van der Waals surface area contributed by atoms with Crippen LogP contribution in [0, 0.1) is 0 Å². The van der Waals surface area contributed by atoms with Gasteiger partial charge in [0.1, 0.15) is 11.5 Å². The maximum Gasteiger partial charge on any atom is 0.160 e. The number of hydrogen-bond acceptors (Lipinski definition) is 6. The molecule has 2 aromatic heterocycles. The van der Waals surface area contributed by atoms with Gasteiger partial charge in [0.15, 0.2) is 5.82 Å². The van der Waals surface area contributed by atoms with E-state index in [9.17, 15) is 0 Å². The Morgan fingerprint density at radius 3 is 2.95 bits per heavy atom. The number of aryl methyl sites for hydroxylation is 1. The van der Waals surface area contributed by atoms with Gasteiger partial charge in [-0.3, -0.25) is 0 Å². The van der Waals surface area contributed by atoms with Gasteiger partial charge in [-0.15, -0.1) is 10.2 Å². The second-order valence-corrected chi connectivity index (χ2v) is 4.61. The van der Waals surface area contributed by atoms with E-state index in [2.05, 4.69) is 20.5 Å². The van der Waals surface area contributed by atoms with Crippen molar-refractivity contribution >= 4 is 5.82 Å². The average Bonchev–Trinajstić information content (AvgIpc) is 2.93. The van der Waals surface area contributed by atoms with Crippen LogP contribution in [0.4, 0.5) is 5.82 Å². The number of nitrogens with one attached hydrogen (secondary N) is 1. The summed E-state index contributed by atoms with van der Waals surface area (Å²) in [5, 5.41) is 11.5. The Bertz CT molecular complexity index is 548. The summed E-state index contributed by atoms with van der Waals surface area (Å²) in [7, 11) is 1.93. The molecule has 2 aromatic rings. The molecule has 1 aliphatic heterocycles. The van der Waals surface area contributed by atoms with Gasteiger partial charge in [0.05, 0.1) is 25.9 Å². The average molecular weight is 275 g/mol. The van der Waals surface area contributed by atoms with Gasteiger partial charge in [0.25, 0.3) is 0 Å². The second kappa shape index (κ2) is 5.98. The Morgan fingerprint density at radius 1 is 1.35 bits per heavy atom. The third kappa shape index (κ3) is 2.94. The molecular weight excluding hydrogens is 258 g/mol. The first kappa shape index (κ1) is 13.0. The van der Waals surface area contributed by atoms with E-state index in [1.165, 1.54) is 0 Å². The monoisotopic (exact) mass is 275 g/mol. The van der Waals surface area contributed by atoms with Crippen molar-refractivity contribution in [2.75, 3.05) is 31.7 Å². The topological polar surface area (TPSA) is 74.1 Å². The van der Waals surface area contributed by atoms with Crippen molar-refractivity contribution in [3.8, 4) is 11.5 Å². The van der Waals surface area contributed by atoms with E-state index in [1.54, 1.807) is 6.20 Å². The summed E-state index contributed by atoms with van der Waals surface area (Å²) in [5.41, 5.74) is 0.750. The van der Waals surface area contributed by atoms with E-state index in [4.69, 9.17) is 9.47 Å². The lowest BCUT2D eigenvalue weighted by atomic mass is 10.3. The molecule has 7 nitrogen and oxygen atoms in total. The van der Waals surface area contributed by atoms with Crippen LogP contribution in [0.25, 0.3) is 11.5 Å². The normalized spacial score (nSPS) is 18.9. The Morgan fingerprint density at radius 2 is 2.30 bits per heavy atom. The maximum absolute atomic E-state index is 5.55. The maximum atomic E-state index is 5.55. The standard InChI is InChI=1S/C13H17N5O2/c1-18-5-4-14-13(18)11-2-3-12(17-16-11)15-8-10-9-19-6-7-20-10/h2-5,10H,6-9H2,1H3,(H,15,17). The molecular formula is C13H17N5O2. The predicted molar refractivity (Wildman–Crippen MR) is 73.3 cm³/mol. The fourth-order valence-corrected chi connectivity index (χ4v) is 2.03. The van der Waals surface area contributed by atoms with Crippen molar-refractivity contribution in [2.45, 2.75) is 6.10 Å². The highest BCUT2D eigenvalue weighted by atomic mass is 16.6. The van der Waals surface area contributed by atoms with Gasteiger partial charge < -0.3 is 19.4 Å². The van der Waals surface area contributed by atoms with Crippen LogP contribution in [-0.4, -0.2) is 52.2 Å². The molecule has 0 aliphatic carbocycles. The summed E-state index contributed by atoms with van der Waals surface area (Å²) in [6.07, 6.45) is 3.69. The summed E-state index contributed by atoms with van der Waals surface area (Å²) in [5.74, 6) is 1.52. The van der Waals surface area contributed by atoms with Gasteiger partial charge in [-0.05, 0) is 12.1 Å². The Kier molecular flexibility index (Phi) is 3.89. The Labute approximate surface area is 116 Å². The van der Waals surface area contributed by atoms with E-state index in [1.807, 2.05) is 29.9 Å². The van der Waals surface area contributed by atoms with Crippen LogP contribution in [0.5, 0.6) is 0 Å². The summed E-state index contributed by atoms with van der Waals surface area (Å²) in [6.45, 7) is 2.60. The predicted octanol–water partition coefficient (Wildman–Crippen LogP) is 0.704. The first-order chi connectivity index (χ1) is 9.83. The highest BCUT2D eigenvalue weighted by molar-refractivity contribution is 5.51. The van der Waals surface area contributed by atoms with Crippen molar-refractivity contribution in [1.82, 2.24) is 19.7 Å². The summed E-state index contributed by atoms with van der Waals surface area (Å²) < 4.78 is 12.8. The Hall–Kier alpha value is -1.99. The molecule has 1 N–H and O–H groups in total. The van der Waals surface area contributed by atoms with E-state index < -0.39 is 0 Å². The number of rotatable bonds is 4. The molecule has 1 atom stereocenters. The van der Waals surface area contributed by atoms with Crippen LogP contribution in [0.1, 0.15) is 0 Å². The smallest absolute Gasteiger partial charge is 0.160 e. The molecule has 0 bridgehead atoms. The zero-order valence-corrected chi connectivity index (χ0v) is 11.3. The van der Waals surface area contributed by atoms with E-state index in [0.717, 1.165) is 17.3 Å². The second-order valence-electron chi connectivity index (χ2n) is 4.61. The molecule has 0 radical (unpaired) electrons. The van der Waals surface area contributed by atoms with Crippen molar-refractivity contribution < 1.29 is 9.47 Å². The highest BCUT2D eigenvalue weighted by Gasteiger charge is 2.14. The SMILES string of the molecule is Cn1ccnc1-c1ccc(NCC2COCCO2)nn1. The molecule has 1 fully saturated rings. The lowest BCUT2D eigenvalue weighted by molar-refractivity contribution is -0.0819. The number of nitrogens with zero attached hydrogens (tertiary/aromatic N) is 4. The number of ether oxygens (including phenoxy) is 2. The van der Waals surface area contributed by atoms with Crippen LogP contribution in [0.15, 0.2) is 24.5 Å². The van der Waals surface area contributed by atoms with Gasteiger partial charge in [-0.2, -0.15) is 0 Å². The number of anilines is 1. The van der Waals surface area contributed by atoms with Crippen molar-refractivity contribution in [1.29, 1.82) is 0 Å². The molecule has 3 rings (SSSR count). The molecule has 1 unspecified atom stereocenters. The molecule has 7 heteroatoms. The zero-order valence-electron chi connectivity index (χ0n) is 11.3. The van der Waals surface area contributed by atoms with E-state index in [0.29, 0.717) is 26.4 Å². The minimum Gasteiger partial charge on any atom is -0.376 e. The molecule has 1 saturated heterocycles. The van der Waals surface area contributed by atoms with Gasteiger partial charge in [0, 0.05) is 26.0 Å². The summed E-state index contributed by atoms with van der Waals surface area (Å²) in [4.78, 5) is 4.24. The molecule has 3 heterocycles. The summed E-state index contributed by atoms with van der Waals surface area (Å²) >= 11 is 0. The Balaban J connectivity index is 1.60. The molecule has 0 amide bonds. The lowest BCUT2D eigenvalue weighted by Crippen LogP contribution is -2.34. The molecule has 0 saturated carbocycles. The molecule has 0 spiro atoms. The van der Waals surface area contributed by atoms with Crippen molar-refractivity contribution in [2.24, 2.45) is 7.05 Å². The minimum atomic E-state index is 0.0692. The first-order valence-corrected chi connectivity index (χ1v) is 6.57. The third-order valence-corrected chi connectivity index (χ3v) is 3.11. The molecule has 1 aliphatic rings. The molecule has 20 heavy (non-hydrogen) atoms. The van der Waals surface area contributed by atoms with Crippen LogP contribution >= 0.6 is 0 Å². The molecule has 0 aromatic carbocycles. The van der Waals surface area contributed by atoms with Crippen LogP contribution in [0.3, 0.4) is 0 Å². The fourth-order valence-electron chi connectivity index (χ4n) is 2.03. The number of hydrogen-bond donors (Lipinski definition) is 1. The van der Waals surface area contributed by atoms with Crippen LogP contribution in [-0.2, 0) is 16.5 Å². The van der Waals surface area contributed by atoms with Crippen molar-refractivity contribution in [3.63, 3.8) is 0 Å². The van der Waals surface area contributed by atoms with Crippen LogP contribution < -0.4 is 5.32 Å². The van der Waals surface area contributed by atoms with Gasteiger partial charge in [-0.1, -0.05) is 0 Å². The van der Waals surface area contributed by atoms with Crippen molar-refractivity contribution in [3.05, 3.63) is 24.5 Å². The van der Waals surface area contributed by atoms with Gasteiger partial charge in [-0.25, -0.2) is 4.98 Å². The largest absolute Gasteiger partial charge is 0.376 e. The van der Waals surface area contributed by atoms with Crippen LogP contribution in [0.2, 0.25) is 0 Å². The number of imidazole rings is 1. The fraction of sp³-hybridized carbons (Fsp3) is 0.462. The number of aromatic nitrogens is 4. The van der Waals surface area contributed by atoms with E-state index in [-0.39, 0.29) is 6.10 Å². The molecule has 106 valence electrons. The third-order valence-electron chi connectivity index (χ3n) is 3.11.